The lowest BCUT2D eigenvalue weighted by Crippen LogP contribution is -2.19. The molecule has 0 atom stereocenters. The number of rotatable bonds is 8. The van der Waals surface area contributed by atoms with Gasteiger partial charge in [-0.05, 0) is 66.8 Å². The predicted octanol–water partition coefficient (Wildman–Crippen LogP) is 7.94. The third-order valence-corrected chi connectivity index (χ3v) is 7.59. The van der Waals surface area contributed by atoms with Crippen molar-refractivity contribution in [3.05, 3.63) is 114 Å². The molecule has 0 saturated heterocycles. The van der Waals surface area contributed by atoms with Crippen molar-refractivity contribution >= 4 is 28.7 Å². The first kappa shape index (κ1) is 24.5. The molecule has 6 heteroatoms. The lowest BCUT2D eigenvalue weighted by Gasteiger charge is -2.20. The maximum absolute atomic E-state index is 11.8. The Balaban J connectivity index is 1.32. The SMILES string of the molecule is Cc1noc(-c2ccccc2-c2ccc(C3(C(=O)O)CC3)cc2)c1Nc1cccc(N(C)c2ccccc2)c1. The minimum absolute atomic E-state index is 0.651. The smallest absolute Gasteiger partial charge is 0.314 e. The molecule has 2 N–H and O–H groups in total. The van der Waals surface area contributed by atoms with Crippen molar-refractivity contribution in [1.82, 2.24) is 5.16 Å². The van der Waals surface area contributed by atoms with Crippen LogP contribution >= 0.6 is 0 Å². The second-order valence-electron chi connectivity index (χ2n) is 10.1. The van der Waals surface area contributed by atoms with Crippen LogP contribution in [0.5, 0.6) is 0 Å². The van der Waals surface area contributed by atoms with Gasteiger partial charge >= 0.3 is 5.97 Å². The van der Waals surface area contributed by atoms with E-state index in [0.717, 1.165) is 50.7 Å². The molecular formula is C33H29N3O3. The van der Waals surface area contributed by atoms with Crippen LogP contribution in [0.1, 0.15) is 24.1 Å². The minimum atomic E-state index is -0.748. The van der Waals surface area contributed by atoms with Crippen molar-refractivity contribution in [1.29, 1.82) is 0 Å². The molecule has 1 aliphatic rings. The van der Waals surface area contributed by atoms with Gasteiger partial charge in [0, 0.05) is 29.7 Å². The largest absolute Gasteiger partial charge is 0.481 e. The lowest BCUT2D eigenvalue weighted by atomic mass is 9.92. The molecule has 0 aliphatic heterocycles. The predicted molar refractivity (Wildman–Crippen MR) is 155 cm³/mol. The summed E-state index contributed by atoms with van der Waals surface area (Å²) in [5, 5.41) is 17.5. The summed E-state index contributed by atoms with van der Waals surface area (Å²) in [6, 6.07) is 34.4. The molecule has 6 nitrogen and oxygen atoms in total. The maximum Gasteiger partial charge on any atom is 0.314 e. The van der Waals surface area contributed by atoms with E-state index >= 15 is 0 Å². The van der Waals surface area contributed by atoms with Crippen molar-refractivity contribution in [2.24, 2.45) is 0 Å². The van der Waals surface area contributed by atoms with E-state index in [1.54, 1.807) is 0 Å². The maximum atomic E-state index is 11.8. The molecule has 0 spiro atoms. The number of nitrogens with zero attached hydrogens (tertiary/aromatic N) is 2. The fourth-order valence-corrected chi connectivity index (χ4v) is 5.09. The Morgan fingerprint density at radius 3 is 2.23 bits per heavy atom. The van der Waals surface area contributed by atoms with Crippen LogP contribution in [0.15, 0.2) is 108 Å². The van der Waals surface area contributed by atoms with Gasteiger partial charge in [0.15, 0.2) is 5.76 Å². The lowest BCUT2D eigenvalue weighted by molar-refractivity contribution is -0.140. The Bertz CT molecular complexity index is 1640. The van der Waals surface area contributed by atoms with Gasteiger partial charge in [-0.1, -0.05) is 78.0 Å². The molecule has 194 valence electrons. The van der Waals surface area contributed by atoms with E-state index in [9.17, 15) is 9.90 Å². The second kappa shape index (κ2) is 9.80. The van der Waals surface area contributed by atoms with Gasteiger partial charge in [0.05, 0.1) is 5.41 Å². The Morgan fingerprint density at radius 1 is 0.872 bits per heavy atom. The van der Waals surface area contributed by atoms with Crippen LogP contribution in [-0.4, -0.2) is 23.3 Å². The topological polar surface area (TPSA) is 78.6 Å². The second-order valence-corrected chi connectivity index (χ2v) is 10.1. The van der Waals surface area contributed by atoms with E-state index in [1.165, 1.54) is 0 Å². The van der Waals surface area contributed by atoms with E-state index in [-0.39, 0.29) is 0 Å². The van der Waals surface area contributed by atoms with Gasteiger partial charge in [-0.15, -0.1) is 0 Å². The number of carboxylic acids is 1. The van der Waals surface area contributed by atoms with Crippen LogP contribution in [-0.2, 0) is 10.2 Å². The molecular weight excluding hydrogens is 486 g/mol. The zero-order valence-electron chi connectivity index (χ0n) is 21.9. The molecule has 5 aromatic rings. The molecule has 1 aliphatic carbocycles. The Hall–Kier alpha value is -4.84. The number of benzene rings is 4. The third kappa shape index (κ3) is 4.55. The van der Waals surface area contributed by atoms with Crippen molar-refractivity contribution in [2.75, 3.05) is 17.3 Å². The zero-order valence-corrected chi connectivity index (χ0v) is 21.9. The van der Waals surface area contributed by atoms with Crippen LogP contribution in [0.25, 0.3) is 22.5 Å². The number of aromatic nitrogens is 1. The molecule has 1 aromatic heterocycles. The number of para-hydroxylation sites is 1. The summed E-state index contributed by atoms with van der Waals surface area (Å²) < 4.78 is 5.88. The van der Waals surface area contributed by atoms with E-state index in [2.05, 4.69) is 39.6 Å². The number of carboxylic acid groups (broad SMARTS) is 1. The molecule has 4 aromatic carbocycles. The summed E-state index contributed by atoms with van der Waals surface area (Å²) in [7, 11) is 2.05. The average molecular weight is 516 g/mol. The number of aryl methyl sites for hydroxylation is 1. The molecule has 0 unspecified atom stereocenters. The summed E-state index contributed by atoms with van der Waals surface area (Å²) in [6.45, 7) is 1.92. The van der Waals surface area contributed by atoms with E-state index in [0.29, 0.717) is 18.6 Å². The summed E-state index contributed by atoms with van der Waals surface area (Å²) in [4.78, 5) is 13.9. The number of aliphatic carboxylic acids is 1. The van der Waals surface area contributed by atoms with Crippen LogP contribution in [0.4, 0.5) is 22.7 Å². The highest BCUT2D eigenvalue weighted by molar-refractivity contribution is 5.89. The van der Waals surface area contributed by atoms with Gasteiger partial charge in [-0.3, -0.25) is 4.79 Å². The highest BCUT2D eigenvalue weighted by atomic mass is 16.5. The zero-order chi connectivity index (χ0) is 27.0. The molecule has 0 amide bonds. The molecule has 1 saturated carbocycles. The van der Waals surface area contributed by atoms with E-state index in [4.69, 9.17) is 4.52 Å². The highest BCUT2D eigenvalue weighted by Gasteiger charge is 2.51. The molecule has 1 fully saturated rings. The van der Waals surface area contributed by atoms with Crippen molar-refractivity contribution in [2.45, 2.75) is 25.2 Å². The number of anilines is 4. The fourth-order valence-electron chi connectivity index (χ4n) is 5.09. The average Bonchev–Trinajstić information content (AvgIpc) is 3.72. The monoisotopic (exact) mass is 515 g/mol. The van der Waals surface area contributed by atoms with Gasteiger partial charge in [-0.25, -0.2) is 0 Å². The van der Waals surface area contributed by atoms with Crippen molar-refractivity contribution < 1.29 is 14.4 Å². The van der Waals surface area contributed by atoms with Crippen molar-refractivity contribution in [3.8, 4) is 22.5 Å². The third-order valence-electron chi connectivity index (χ3n) is 7.59. The van der Waals surface area contributed by atoms with Gasteiger partial charge in [0.25, 0.3) is 0 Å². The van der Waals surface area contributed by atoms with Crippen LogP contribution in [0.2, 0.25) is 0 Å². The first-order valence-corrected chi connectivity index (χ1v) is 13.0. The first-order chi connectivity index (χ1) is 19.0. The molecule has 6 rings (SSSR count). The minimum Gasteiger partial charge on any atom is -0.481 e. The molecule has 0 bridgehead atoms. The van der Waals surface area contributed by atoms with Gasteiger partial charge in [0.2, 0.25) is 0 Å². The molecule has 39 heavy (non-hydrogen) atoms. The van der Waals surface area contributed by atoms with Crippen molar-refractivity contribution in [3.63, 3.8) is 0 Å². The van der Waals surface area contributed by atoms with Crippen LogP contribution in [0.3, 0.4) is 0 Å². The van der Waals surface area contributed by atoms with E-state index in [1.807, 2.05) is 92.8 Å². The standard InChI is InChI=1S/C33H29N3O3/c1-22-30(34-25-9-8-12-27(21-25)36(2)26-10-4-3-5-11-26)31(39-35-22)29-14-7-6-13-28(29)23-15-17-24(18-16-23)33(19-20-33)32(37)38/h3-18,21,34H,19-20H2,1-2H3,(H,37,38). The number of hydrogen-bond acceptors (Lipinski definition) is 5. The molecule has 1 heterocycles. The van der Waals surface area contributed by atoms with Gasteiger partial charge < -0.3 is 19.8 Å². The fraction of sp³-hybridized carbons (Fsp3) is 0.152. The summed E-state index contributed by atoms with van der Waals surface area (Å²) in [5.74, 6) is -0.0966. The van der Waals surface area contributed by atoms with Crippen LogP contribution < -0.4 is 10.2 Å². The van der Waals surface area contributed by atoms with Crippen LogP contribution in [0, 0.1) is 6.92 Å². The number of hydrogen-bond donors (Lipinski definition) is 2. The number of nitrogens with one attached hydrogen (secondary N) is 1. The van der Waals surface area contributed by atoms with Gasteiger partial charge in [0.1, 0.15) is 11.4 Å². The summed E-state index contributed by atoms with van der Waals surface area (Å²) in [5.41, 5.74) is 7.66. The Morgan fingerprint density at radius 2 is 1.54 bits per heavy atom. The normalized spacial score (nSPS) is 13.6. The van der Waals surface area contributed by atoms with Gasteiger partial charge in [-0.2, -0.15) is 0 Å². The summed E-state index contributed by atoms with van der Waals surface area (Å²) >= 11 is 0. The Kier molecular flexibility index (Phi) is 6.15. The van der Waals surface area contributed by atoms with E-state index < -0.39 is 11.4 Å². The quantitative estimate of drug-likeness (QED) is 0.218. The number of carbonyl (C=O) groups is 1. The summed E-state index contributed by atoms with van der Waals surface area (Å²) in [6.07, 6.45) is 1.37. The molecule has 0 radical (unpaired) electrons. The highest BCUT2D eigenvalue weighted by Crippen LogP contribution is 2.49. The Labute approximate surface area is 227 Å². The first-order valence-electron chi connectivity index (χ1n) is 13.0.